The number of aliphatic carboxylic acids is 1. The fraction of sp³-hybridized carbons (Fsp3) is 0.929. The first kappa shape index (κ1) is 48.3. The van der Waals surface area contributed by atoms with Crippen molar-refractivity contribution in [3.05, 3.63) is 0 Å². The number of likely N-dealkylation sites (N-methyl/N-ethyl adjacent to an activating group) is 1. The van der Waals surface area contributed by atoms with Crippen LogP contribution in [0.25, 0.3) is 0 Å². The van der Waals surface area contributed by atoms with Gasteiger partial charge in [0, 0.05) is 19.3 Å². The molecule has 0 aliphatic carbocycles. The van der Waals surface area contributed by atoms with E-state index in [1.54, 1.807) is 21.1 Å². The maximum absolute atomic E-state index is 12.6. The van der Waals surface area contributed by atoms with E-state index in [0.717, 1.165) is 44.9 Å². The number of quaternary nitrogens is 1. The average molecular weight is 712 g/mol. The van der Waals surface area contributed by atoms with E-state index in [4.69, 9.17) is 14.2 Å². The lowest BCUT2D eigenvalue weighted by Crippen LogP contribution is -2.55. The van der Waals surface area contributed by atoms with Crippen molar-refractivity contribution in [3.8, 4) is 0 Å². The number of hydrogen-bond acceptors (Lipinski definition) is 7. The van der Waals surface area contributed by atoms with Gasteiger partial charge in [-0.25, -0.2) is 0 Å². The molecule has 0 saturated carbocycles. The highest BCUT2D eigenvalue weighted by Gasteiger charge is 2.25. The number of carboxylic acid groups (broad SMARTS) is 1. The highest BCUT2D eigenvalue weighted by molar-refractivity contribution is 5.70. The van der Waals surface area contributed by atoms with Gasteiger partial charge in [-0.15, -0.1) is 0 Å². The van der Waals surface area contributed by atoms with Gasteiger partial charge in [-0.1, -0.05) is 168 Å². The summed E-state index contributed by atoms with van der Waals surface area (Å²) in [5, 5.41) is 11.5. The molecule has 2 unspecified atom stereocenters. The Hall–Kier alpha value is -1.67. The predicted molar refractivity (Wildman–Crippen MR) is 204 cm³/mol. The van der Waals surface area contributed by atoms with Crippen LogP contribution in [-0.2, 0) is 28.6 Å². The lowest BCUT2D eigenvalue weighted by Gasteiger charge is -2.34. The first-order valence-corrected chi connectivity index (χ1v) is 21.1. The maximum Gasteiger partial charge on any atom is 0.306 e. The van der Waals surface area contributed by atoms with Crippen LogP contribution in [0.4, 0.5) is 0 Å². The average Bonchev–Trinajstić information content (AvgIpc) is 3.06. The summed E-state index contributed by atoms with van der Waals surface area (Å²) >= 11 is 0. The van der Waals surface area contributed by atoms with Gasteiger partial charge < -0.3 is 28.6 Å². The monoisotopic (exact) mass is 712 g/mol. The number of unbranched alkanes of at least 4 members (excludes halogenated alkanes) is 24. The van der Waals surface area contributed by atoms with E-state index < -0.39 is 18.1 Å². The molecule has 0 amide bonds. The molecule has 0 aromatic heterocycles. The zero-order chi connectivity index (χ0) is 37.1. The van der Waals surface area contributed by atoms with Crippen LogP contribution in [0.5, 0.6) is 0 Å². The molecule has 0 aromatic rings. The fourth-order valence-electron chi connectivity index (χ4n) is 6.42. The fourth-order valence-corrected chi connectivity index (χ4v) is 6.42. The maximum atomic E-state index is 12.6. The molecule has 0 aliphatic rings. The normalized spacial score (nSPS) is 12.9. The van der Waals surface area contributed by atoms with E-state index in [0.29, 0.717) is 12.8 Å². The summed E-state index contributed by atoms with van der Waals surface area (Å²) in [6.07, 6.45) is 33.3. The van der Waals surface area contributed by atoms with Crippen molar-refractivity contribution >= 4 is 17.9 Å². The lowest BCUT2D eigenvalue weighted by molar-refractivity contribution is -0.889. The molecule has 50 heavy (non-hydrogen) atoms. The van der Waals surface area contributed by atoms with Crippen LogP contribution in [0.2, 0.25) is 0 Å². The van der Waals surface area contributed by atoms with Crippen molar-refractivity contribution in [1.29, 1.82) is 0 Å². The van der Waals surface area contributed by atoms with Crippen LogP contribution in [0.3, 0.4) is 0 Å². The first-order valence-electron chi connectivity index (χ1n) is 21.1. The SMILES string of the molecule is CCCCCCCCCCCCCCCCCCCCCCCCC(=O)OC(COCCC(C(=O)[O-])[N+](C)(C)C)COC(=O)CCCCCC. The summed E-state index contributed by atoms with van der Waals surface area (Å²) in [7, 11) is 5.40. The molecule has 0 radical (unpaired) electrons. The second-order valence-corrected chi connectivity index (χ2v) is 15.6. The van der Waals surface area contributed by atoms with Gasteiger partial charge in [0.2, 0.25) is 0 Å². The van der Waals surface area contributed by atoms with Gasteiger partial charge >= 0.3 is 11.9 Å². The molecule has 0 N–H and O–H groups in total. The van der Waals surface area contributed by atoms with E-state index in [1.807, 2.05) is 0 Å². The molecule has 8 heteroatoms. The largest absolute Gasteiger partial charge is 0.544 e. The Labute approximate surface area is 308 Å². The van der Waals surface area contributed by atoms with Gasteiger partial charge in [-0.3, -0.25) is 9.59 Å². The van der Waals surface area contributed by atoms with E-state index in [2.05, 4.69) is 13.8 Å². The highest BCUT2D eigenvalue weighted by atomic mass is 16.6. The number of hydrogen-bond donors (Lipinski definition) is 0. The Balaban J connectivity index is 4.01. The number of esters is 2. The molecule has 0 rings (SSSR count). The molecule has 0 saturated heterocycles. The quantitative estimate of drug-likeness (QED) is 0.0357. The van der Waals surface area contributed by atoms with Crippen LogP contribution in [0.1, 0.15) is 200 Å². The van der Waals surface area contributed by atoms with Crippen molar-refractivity contribution in [3.63, 3.8) is 0 Å². The summed E-state index contributed by atoms with van der Waals surface area (Å²) in [6, 6.07) is -0.717. The topological polar surface area (TPSA) is 102 Å². The molecule has 8 nitrogen and oxygen atoms in total. The molecule has 0 heterocycles. The molecule has 0 spiro atoms. The molecule has 0 fully saturated rings. The Morgan fingerprint density at radius 1 is 0.520 bits per heavy atom. The predicted octanol–water partition coefficient (Wildman–Crippen LogP) is 9.64. The zero-order valence-electron chi connectivity index (χ0n) is 33.6. The second-order valence-electron chi connectivity index (χ2n) is 15.6. The third kappa shape index (κ3) is 32.3. The molecular weight excluding hydrogens is 630 g/mol. The van der Waals surface area contributed by atoms with Crippen LogP contribution >= 0.6 is 0 Å². The third-order valence-electron chi connectivity index (χ3n) is 9.74. The Bertz CT molecular complexity index is 797. The molecule has 0 aliphatic heterocycles. The zero-order valence-corrected chi connectivity index (χ0v) is 33.6. The smallest absolute Gasteiger partial charge is 0.306 e. The van der Waals surface area contributed by atoms with Crippen LogP contribution in [0.15, 0.2) is 0 Å². The van der Waals surface area contributed by atoms with Gasteiger partial charge in [0.25, 0.3) is 0 Å². The van der Waals surface area contributed by atoms with Crippen molar-refractivity contribution < 1.29 is 38.2 Å². The molecule has 0 aromatic carbocycles. The van der Waals surface area contributed by atoms with Crippen molar-refractivity contribution in [1.82, 2.24) is 0 Å². The lowest BCUT2D eigenvalue weighted by atomic mass is 10.0. The molecule has 2 atom stereocenters. The van der Waals surface area contributed by atoms with Crippen LogP contribution in [0, 0.1) is 0 Å². The van der Waals surface area contributed by atoms with Gasteiger partial charge in [-0.05, 0) is 12.8 Å². The summed E-state index contributed by atoms with van der Waals surface area (Å²) in [4.78, 5) is 36.3. The molecule has 0 bridgehead atoms. The minimum atomic E-state index is -1.12. The Morgan fingerprint density at radius 3 is 1.26 bits per heavy atom. The third-order valence-corrected chi connectivity index (χ3v) is 9.74. The Kier molecular flexibility index (Phi) is 33.3. The summed E-state index contributed by atoms with van der Waals surface area (Å²) in [5.74, 6) is -1.74. The van der Waals surface area contributed by atoms with Crippen LogP contribution in [-0.4, -0.2) is 75.5 Å². The van der Waals surface area contributed by atoms with Crippen LogP contribution < -0.4 is 5.11 Å². The second kappa shape index (κ2) is 34.4. The Morgan fingerprint density at radius 2 is 0.880 bits per heavy atom. The highest BCUT2D eigenvalue weighted by Crippen LogP contribution is 2.16. The van der Waals surface area contributed by atoms with Gasteiger partial charge in [0.1, 0.15) is 12.6 Å². The van der Waals surface area contributed by atoms with Crippen molar-refractivity contribution in [2.75, 3.05) is 41.0 Å². The van der Waals surface area contributed by atoms with Gasteiger partial charge in [-0.2, -0.15) is 0 Å². The summed E-state index contributed by atoms with van der Waals surface area (Å²) < 4.78 is 17.0. The van der Waals surface area contributed by atoms with E-state index in [-0.39, 0.29) is 42.7 Å². The minimum Gasteiger partial charge on any atom is -0.544 e. The van der Waals surface area contributed by atoms with Crippen molar-refractivity contribution in [2.45, 2.75) is 212 Å². The molecule has 296 valence electrons. The molecular formula is C42H81NO7. The minimum absolute atomic E-state index is 0.0467. The van der Waals surface area contributed by atoms with E-state index >= 15 is 0 Å². The van der Waals surface area contributed by atoms with Gasteiger partial charge in [0.15, 0.2) is 6.10 Å². The van der Waals surface area contributed by atoms with E-state index in [1.165, 1.54) is 122 Å². The summed E-state index contributed by atoms with van der Waals surface area (Å²) in [6.45, 7) is 4.57. The standard InChI is InChI=1S/C42H81NO7/c1-6-8-10-12-13-14-15-16-17-18-19-20-21-22-23-24-25-26-27-28-29-31-33-41(45)50-38(37-49-40(44)32-30-11-9-7-2)36-48-35-34-39(42(46)47)43(3,4)5/h38-39H,6-37H2,1-5H3. The first-order chi connectivity index (χ1) is 24.1. The number of carboxylic acids is 1. The number of nitrogens with zero attached hydrogens (tertiary/aromatic N) is 1. The van der Waals surface area contributed by atoms with Gasteiger partial charge in [0.05, 0.1) is 40.3 Å². The number of carbonyl (C=O) groups excluding carboxylic acids is 3. The number of carbonyl (C=O) groups is 3. The summed E-state index contributed by atoms with van der Waals surface area (Å²) in [5.41, 5.74) is 0. The van der Waals surface area contributed by atoms with E-state index in [9.17, 15) is 19.5 Å². The number of ether oxygens (including phenoxy) is 3. The number of rotatable bonds is 38. The van der Waals surface area contributed by atoms with Crippen molar-refractivity contribution in [2.24, 2.45) is 0 Å².